The molecule has 4 rings (SSSR count). The van der Waals surface area contributed by atoms with E-state index in [-0.39, 0.29) is 5.56 Å². The van der Waals surface area contributed by atoms with Gasteiger partial charge in [0.1, 0.15) is 15.4 Å². The average molecular weight is 405 g/mol. The molecule has 0 aliphatic rings. The Morgan fingerprint density at radius 2 is 1.72 bits per heavy atom. The molecule has 2 aromatic carbocycles. The highest BCUT2D eigenvalue weighted by molar-refractivity contribution is 7.21. The van der Waals surface area contributed by atoms with E-state index in [0.717, 1.165) is 16.5 Å². The largest absolute Gasteiger partial charge is 0.465 e. The number of benzene rings is 2. The van der Waals surface area contributed by atoms with Crippen LogP contribution in [0.4, 0.5) is 5.69 Å². The lowest BCUT2D eigenvalue weighted by Crippen LogP contribution is -2.18. The van der Waals surface area contributed by atoms with Crippen LogP contribution >= 0.6 is 11.3 Å². The molecule has 0 saturated heterocycles. The van der Waals surface area contributed by atoms with Crippen LogP contribution in [0.3, 0.4) is 0 Å². The maximum atomic E-state index is 13.4. The molecule has 29 heavy (non-hydrogen) atoms. The third kappa shape index (κ3) is 3.19. The second-order valence-electron chi connectivity index (χ2n) is 6.68. The van der Waals surface area contributed by atoms with Gasteiger partial charge in [0.05, 0.1) is 19.1 Å². The second-order valence-corrected chi connectivity index (χ2v) is 7.68. The highest BCUT2D eigenvalue weighted by Crippen LogP contribution is 2.42. The number of hydrogen-bond donors (Lipinski definition) is 0. The molecule has 4 aromatic rings. The third-order valence-electron chi connectivity index (χ3n) is 4.50. The van der Waals surface area contributed by atoms with Crippen LogP contribution in [0.1, 0.15) is 9.67 Å². The van der Waals surface area contributed by atoms with E-state index >= 15 is 0 Å². The number of rotatable bonds is 4. The third-order valence-corrected chi connectivity index (χ3v) is 5.64. The zero-order valence-electron chi connectivity index (χ0n) is 16.2. The van der Waals surface area contributed by atoms with Crippen LogP contribution in [0.2, 0.25) is 0 Å². The summed E-state index contributed by atoms with van der Waals surface area (Å²) in [6, 6.07) is 16.8. The van der Waals surface area contributed by atoms with Gasteiger partial charge in [-0.2, -0.15) is 0 Å². The first-order chi connectivity index (χ1) is 14.0. The summed E-state index contributed by atoms with van der Waals surface area (Å²) in [6.07, 6.45) is 1.64. The van der Waals surface area contributed by atoms with E-state index in [0.29, 0.717) is 20.8 Å². The molecule has 0 fully saturated rings. The summed E-state index contributed by atoms with van der Waals surface area (Å²) < 4.78 is 6.64. The van der Waals surface area contributed by atoms with Gasteiger partial charge in [0.2, 0.25) is 0 Å². The zero-order chi connectivity index (χ0) is 20.5. The molecule has 0 aliphatic heterocycles. The highest BCUT2D eigenvalue weighted by Gasteiger charge is 2.24. The van der Waals surface area contributed by atoms with E-state index in [1.54, 1.807) is 21.9 Å². The fraction of sp³-hybridized carbons (Fsp3) is 0.136. The predicted molar refractivity (Wildman–Crippen MR) is 118 cm³/mol. The van der Waals surface area contributed by atoms with Crippen LogP contribution in [0.25, 0.3) is 26.7 Å². The maximum absolute atomic E-state index is 13.4. The molecule has 0 bridgehead atoms. The summed E-state index contributed by atoms with van der Waals surface area (Å²) in [4.78, 5) is 33.3. The van der Waals surface area contributed by atoms with Gasteiger partial charge < -0.3 is 9.64 Å². The van der Waals surface area contributed by atoms with Gasteiger partial charge in [-0.25, -0.2) is 9.79 Å². The predicted octanol–water partition coefficient (Wildman–Crippen LogP) is 4.21. The standard InChI is InChI=1S/C22H19N3O3S/c1-24(2)13-23-18-17-15-11-7-8-12-16(15)20(26)25(14-9-5-4-6-10-14)21(17)29-19(18)22(27)28-3/h4-13H,1-3H3/b23-13+. The van der Waals surface area contributed by atoms with Crippen molar-refractivity contribution in [3.63, 3.8) is 0 Å². The second kappa shape index (κ2) is 7.52. The minimum absolute atomic E-state index is 0.139. The lowest BCUT2D eigenvalue weighted by atomic mass is 10.1. The van der Waals surface area contributed by atoms with Crippen molar-refractivity contribution in [2.45, 2.75) is 0 Å². The van der Waals surface area contributed by atoms with E-state index in [9.17, 15) is 9.59 Å². The van der Waals surface area contributed by atoms with Crippen LogP contribution in [-0.2, 0) is 4.74 Å². The molecule has 0 atom stereocenters. The molecule has 6 nitrogen and oxygen atoms in total. The molecular weight excluding hydrogens is 386 g/mol. The number of pyridine rings is 1. The van der Waals surface area contributed by atoms with Gasteiger partial charge in [-0.15, -0.1) is 11.3 Å². The van der Waals surface area contributed by atoms with Gasteiger partial charge in [-0.3, -0.25) is 9.36 Å². The number of aliphatic imine (C=N–C) groups is 1. The first-order valence-electron chi connectivity index (χ1n) is 8.97. The van der Waals surface area contributed by atoms with Crippen molar-refractivity contribution < 1.29 is 9.53 Å². The Bertz CT molecular complexity index is 1300. The molecule has 0 unspecified atom stereocenters. The number of methoxy groups -OCH3 is 1. The smallest absolute Gasteiger partial charge is 0.350 e. The Hall–Kier alpha value is -3.45. The first-order valence-corrected chi connectivity index (χ1v) is 9.79. The molecule has 2 heterocycles. The molecule has 0 radical (unpaired) electrons. The number of hydrogen-bond acceptors (Lipinski definition) is 5. The fourth-order valence-corrected chi connectivity index (χ4v) is 4.45. The Morgan fingerprint density at radius 1 is 1.07 bits per heavy atom. The van der Waals surface area contributed by atoms with Gasteiger partial charge in [0.15, 0.2) is 0 Å². The van der Waals surface area contributed by atoms with E-state index in [1.165, 1.54) is 18.4 Å². The van der Waals surface area contributed by atoms with Gasteiger partial charge >= 0.3 is 5.97 Å². The van der Waals surface area contributed by atoms with Crippen molar-refractivity contribution in [3.05, 3.63) is 69.8 Å². The molecular formula is C22H19N3O3S. The van der Waals surface area contributed by atoms with Gasteiger partial charge in [0, 0.05) is 24.9 Å². The topological polar surface area (TPSA) is 63.9 Å². The molecule has 0 saturated carbocycles. The molecule has 146 valence electrons. The molecule has 7 heteroatoms. The van der Waals surface area contributed by atoms with E-state index < -0.39 is 5.97 Å². The van der Waals surface area contributed by atoms with E-state index in [1.807, 2.05) is 62.6 Å². The number of aromatic nitrogens is 1. The van der Waals surface area contributed by atoms with Crippen molar-refractivity contribution in [1.82, 2.24) is 9.47 Å². The summed E-state index contributed by atoms with van der Waals surface area (Å²) in [5.41, 5.74) is 1.10. The molecule has 0 spiro atoms. The number of carbonyl (C=O) groups excluding carboxylic acids is 1. The number of fused-ring (bicyclic) bond motifs is 3. The van der Waals surface area contributed by atoms with Gasteiger partial charge in [-0.1, -0.05) is 36.4 Å². The summed E-state index contributed by atoms with van der Waals surface area (Å²) in [5, 5.41) is 2.09. The molecule has 2 aromatic heterocycles. The SMILES string of the molecule is COC(=O)c1sc2c(c1/N=C/N(C)C)c1ccccc1c(=O)n2-c1ccccc1. The lowest BCUT2D eigenvalue weighted by molar-refractivity contribution is 0.0607. The van der Waals surface area contributed by atoms with E-state index in [4.69, 9.17) is 4.74 Å². The van der Waals surface area contributed by atoms with Gasteiger partial charge in [0.25, 0.3) is 5.56 Å². The van der Waals surface area contributed by atoms with Crippen molar-refractivity contribution in [1.29, 1.82) is 0 Å². The number of para-hydroxylation sites is 1. The first kappa shape index (κ1) is 18.9. The normalized spacial score (nSPS) is 11.4. The molecule has 0 N–H and O–H groups in total. The quantitative estimate of drug-likeness (QED) is 0.290. The number of carbonyl (C=O) groups is 1. The van der Waals surface area contributed by atoms with Crippen molar-refractivity contribution in [2.75, 3.05) is 21.2 Å². The Morgan fingerprint density at radius 3 is 2.38 bits per heavy atom. The van der Waals surface area contributed by atoms with Crippen LogP contribution < -0.4 is 5.56 Å². The van der Waals surface area contributed by atoms with Crippen LogP contribution in [0.5, 0.6) is 0 Å². The maximum Gasteiger partial charge on any atom is 0.350 e. The van der Waals surface area contributed by atoms with Crippen molar-refractivity contribution in [2.24, 2.45) is 4.99 Å². The number of esters is 1. The van der Waals surface area contributed by atoms with Gasteiger partial charge in [-0.05, 0) is 23.6 Å². The summed E-state index contributed by atoms with van der Waals surface area (Å²) in [6.45, 7) is 0. The monoisotopic (exact) mass is 405 g/mol. The minimum atomic E-state index is -0.478. The minimum Gasteiger partial charge on any atom is -0.465 e. The fourth-order valence-electron chi connectivity index (χ4n) is 3.25. The molecule has 0 amide bonds. The Labute approximate surface area is 171 Å². The van der Waals surface area contributed by atoms with Crippen LogP contribution in [-0.4, -0.2) is 43.0 Å². The summed E-state index contributed by atoms with van der Waals surface area (Å²) >= 11 is 1.21. The average Bonchev–Trinajstić information content (AvgIpc) is 3.12. The molecule has 0 aliphatic carbocycles. The lowest BCUT2D eigenvalue weighted by Gasteiger charge is -2.10. The number of nitrogens with zero attached hydrogens (tertiary/aromatic N) is 3. The number of ether oxygens (including phenoxy) is 1. The van der Waals surface area contributed by atoms with Crippen LogP contribution in [0.15, 0.2) is 64.4 Å². The Kier molecular flexibility index (Phi) is 4.90. The summed E-state index contributed by atoms with van der Waals surface area (Å²) in [5.74, 6) is -0.478. The number of thiophene rings is 1. The zero-order valence-corrected chi connectivity index (χ0v) is 17.1. The summed E-state index contributed by atoms with van der Waals surface area (Å²) in [7, 11) is 5.05. The Balaban J connectivity index is 2.24. The van der Waals surface area contributed by atoms with E-state index in [2.05, 4.69) is 4.99 Å². The highest BCUT2D eigenvalue weighted by atomic mass is 32.1. The van der Waals surface area contributed by atoms with Crippen molar-refractivity contribution in [3.8, 4) is 5.69 Å². The van der Waals surface area contributed by atoms with Crippen molar-refractivity contribution >= 4 is 50.3 Å². The van der Waals surface area contributed by atoms with Crippen LogP contribution in [0, 0.1) is 0 Å².